The quantitative estimate of drug-likeness (QED) is 0.887. The molecule has 0 saturated heterocycles. The Balaban J connectivity index is 1.93. The SMILES string of the molecule is NC(c1cccc(F)c1)c1nc2c(s1)CCC2. The molecule has 0 spiro atoms. The Morgan fingerprint density at radius 1 is 1.35 bits per heavy atom. The molecule has 0 amide bonds. The van der Waals surface area contributed by atoms with Crippen molar-refractivity contribution in [3.8, 4) is 0 Å². The van der Waals surface area contributed by atoms with Gasteiger partial charge in [0.2, 0.25) is 0 Å². The fraction of sp³-hybridized carbons (Fsp3) is 0.308. The molecule has 17 heavy (non-hydrogen) atoms. The molecule has 2 N–H and O–H groups in total. The molecule has 1 aliphatic carbocycles. The van der Waals surface area contributed by atoms with Gasteiger partial charge >= 0.3 is 0 Å². The summed E-state index contributed by atoms with van der Waals surface area (Å²) in [7, 11) is 0. The van der Waals surface area contributed by atoms with Gasteiger partial charge in [-0.05, 0) is 37.0 Å². The van der Waals surface area contributed by atoms with Gasteiger partial charge in [0.1, 0.15) is 10.8 Å². The van der Waals surface area contributed by atoms with Gasteiger partial charge in [-0.2, -0.15) is 0 Å². The number of aromatic nitrogens is 1. The Morgan fingerprint density at radius 2 is 2.24 bits per heavy atom. The summed E-state index contributed by atoms with van der Waals surface area (Å²) in [5, 5.41) is 0.903. The number of hydrogen-bond donors (Lipinski definition) is 1. The monoisotopic (exact) mass is 248 g/mol. The summed E-state index contributed by atoms with van der Waals surface area (Å²) in [6.07, 6.45) is 3.37. The normalized spacial score (nSPS) is 15.9. The maximum atomic E-state index is 13.1. The summed E-state index contributed by atoms with van der Waals surface area (Å²) in [4.78, 5) is 5.92. The molecule has 88 valence electrons. The average molecular weight is 248 g/mol. The second kappa shape index (κ2) is 4.20. The first-order valence-electron chi connectivity index (χ1n) is 5.73. The highest BCUT2D eigenvalue weighted by Gasteiger charge is 2.20. The van der Waals surface area contributed by atoms with Crippen LogP contribution in [0.25, 0.3) is 0 Å². The Kier molecular flexibility index (Phi) is 2.68. The van der Waals surface area contributed by atoms with E-state index in [1.165, 1.54) is 29.1 Å². The van der Waals surface area contributed by atoms with Crippen LogP contribution in [-0.4, -0.2) is 4.98 Å². The average Bonchev–Trinajstić information content (AvgIpc) is 2.88. The van der Waals surface area contributed by atoms with E-state index in [0.29, 0.717) is 0 Å². The summed E-state index contributed by atoms with van der Waals surface area (Å²) in [6, 6.07) is 6.14. The van der Waals surface area contributed by atoms with Gasteiger partial charge in [-0.3, -0.25) is 0 Å². The minimum atomic E-state index is -0.304. The third-order valence-corrected chi connectivity index (χ3v) is 4.33. The van der Waals surface area contributed by atoms with Crippen molar-refractivity contribution in [1.29, 1.82) is 0 Å². The molecule has 0 radical (unpaired) electrons. The fourth-order valence-corrected chi connectivity index (χ4v) is 3.37. The number of nitrogens with zero attached hydrogens (tertiary/aromatic N) is 1. The molecule has 3 rings (SSSR count). The third kappa shape index (κ3) is 1.98. The molecule has 0 bridgehead atoms. The topological polar surface area (TPSA) is 38.9 Å². The number of hydrogen-bond acceptors (Lipinski definition) is 3. The Hall–Kier alpha value is -1.26. The van der Waals surface area contributed by atoms with Crippen molar-refractivity contribution in [1.82, 2.24) is 4.98 Å². The van der Waals surface area contributed by atoms with Crippen molar-refractivity contribution in [3.05, 3.63) is 51.2 Å². The van der Waals surface area contributed by atoms with Crippen LogP contribution in [0.4, 0.5) is 4.39 Å². The summed E-state index contributed by atoms with van der Waals surface area (Å²) < 4.78 is 13.1. The van der Waals surface area contributed by atoms with E-state index >= 15 is 0 Å². The maximum absolute atomic E-state index is 13.1. The van der Waals surface area contributed by atoms with Gasteiger partial charge in [0, 0.05) is 4.88 Å². The van der Waals surface area contributed by atoms with Crippen LogP contribution in [0.5, 0.6) is 0 Å². The molecule has 1 aliphatic rings. The zero-order valence-corrected chi connectivity index (χ0v) is 10.1. The summed E-state index contributed by atoms with van der Waals surface area (Å²) in [5.41, 5.74) is 8.11. The van der Waals surface area contributed by atoms with Crippen LogP contribution in [0.1, 0.15) is 33.6 Å². The lowest BCUT2D eigenvalue weighted by Crippen LogP contribution is -2.11. The highest BCUT2D eigenvalue weighted by molar-refractivity contribution is 7.11. The molecule has 2 nitrogen and oxygen atoms in total. The highest BCUT2D eigenvalue weighted by atomic mass is 32.1. The summed E-state index contributed by atoms with van der Waals surface area (Å²) in [6.45, 7) is 0. The van der Waals surface area contributed by atoms with Crippen molar-refractivity contribution < 1.29 is 4.39 Å². The molecule has 1 atom stereocenters. The molecule has 1 unspecified atom stereocenters. The van der Waals surface area contributed by atoms with E-state index in [1.54, 1.807) is 17.4 Å². The maximum Gasteiger partial charge on any atom is 0.123 e. The number of benzene rings is 1. The first-order chi connectivity index (χ1) is 8.24. The predicted octanol–water partition coefficient (Wildman–Crippen LogP) is 2.82. The number of fused-ring (bicyclic) bond motifs is 1. The Labute approximate surface area is 103 Å². The molecular weight excluding hydrogens is 235 g/mol. The van der Waals surface area contributed by atoms with Gasteiger partial charge in [-0.25, -0.2) is 9.37 Å². The lowest BCUT2D eigenvalue weighted by molar-refractivity contribution is 0.623. The second-order valence-corrected chi connectivity index (χ2v) is 5.42. The van der Waals surface area contributed by atoms with Gasteiger partial charge in [0.15, 0.2) is 0 Å². The van der Waals surface area contributed by atoms with Crippen LogP contribution in [-0.2, 0) is 12.8 Å². The van der Waals surface area contributed by atoms with Crippen LogP contribution in [0.2, 0.25) is 0 Å². The molecule has 0 saturated carbocycles. The number of halogens is 1. The summed E-state index contributed by atoms with van der Waals surface area (Å²) >= 11 is 1.67. The number of aryl methyl sites for hydroxylation is 2. The second-order valence-electron chi connectivity index (χ2n) is 4.31. The molecule has 0 fully saturated rings. The molecule has 4 heteroatoms. The van der Waals surface area contributed by atoms with E-state index < -0.39 is 0 Å². The minimum Gasteiger partial charge on any atom is -0.318 e. The molecule has 1 heterocycles. The molecular formula is C13H13FN2S. The van der Waals surface area contributed by atoms with Gasteiger partial charge in [0.25, 0.3) is 0 Å². The van der Waals surface area contributed by atoms with E-state index in [-0.39, 0.29) is 11.9 Å². The largest absolute Gasteiger partial charge is 0.318 e. The molecule has 0 aliphatic heterocycles. The van der Waals surface area contributed by atoms with Gasteiger partial charge in [-0.1, -0.05) is 12.1 Å². The van der Waals surface area contributed by atoms with Crippen LogP contribution >= 0.6 is 11.3 Å². The van der Waals surface area contributed by atoms with E-state index in [4.69, 9.17) is 5.73 Å². The number of thiazole rings is 1. The minimum absolute atomic E-state index is 0.248. The highest BCUT2D eigenvalue weighted by Crippen LogP contribution is 2.32. The Bertz CT molecular complexity index is 529. The van der Waals surface area contributed by atoms with Crippen LogP contribution in [0.3, 0.4) is 0 Å². The van der Waals surface area contributed by atoms with Gasteiger partial charge in [-0.15, -0.1) is 11.3 Å². The lowest BCUT2D eigenvalue weighted by atomic mass is 10.1. The third-order valence-electron chi connectivity index (χ3n) is 3.09. The number of rotatable bonds is 2. The zero-order chi connectivity index (χ0) is 11.8. The van der Waals surface area contributed by atoms with Crippen molar-refractivity contribution in [2.75, 3.05) is 0 Å². The van der Waals surface area contributed by atoms with Gasteiger partial charge in [0.05, 0.1) is 11.7 Å². The van der Waals surface area contributed by atoms with Crippen LogP contribution in [0.15, 0.2) is 24.3 Å². The number of nitrogens with two attached hydrogens (primary N) is 1. The fourth-order valence-electron chi connectivity index (χ4n) is 2.19. The first-order valence-corrected chi connectivity index (χ1v) is 6.55. The van der Waals surface area contributed by atoms with E-state index in [9.17, 15) is 4.39 Å². The molecule has 1 aromatic heterocycles. The van der Waals surface area contributed by atoms with Crippen molar-refractivity contribution >= 4 is 11.3 Å². The van der Waals surface area contributed by atoms with Crippen LogP contribution in [0, 0.1) is 5.82 Å². The first kappa shape index (κ1) is 10.9. The summed E-state index contributed by atoms with van der Waals surface area (Å²) in [5.74, 6) is -0.248. The van der Waals surface area contributed by atoms with Crippen LogP contribution < -0.4 is 5.73 Å². The molecule has 2 aromatic rings. The van der Waals surface area contributed by atoms with Gasteiger partial charge < -0.3 is 5.73 Å². The van der Waals surface area contributed by atoms with Crippen molar-refractivity contribution in [2.45, 2.75) is 25.3 Å². The molecule has 1 aromatic carbocycles. The predicted molar refractivity (Wildman–Crippen MR) is 66.6 cm³/mol. The van der Waals surface area contributed by atoms with Crippen molar-refractivity contribution in [3.63, 3.8) is 0 Å². The Morgan fingerprint density at radius 3 is 3.00 bits per heavy atom. The van der Waals surface area contributed by atoms with Crippen molar-refractivity contribution in [2.24, 2.45) is 5.73 Å². The zero-order valence-electron chi connectivity index (χ0n) is 9.32. The lowest BCUT2D eigenvalue weighted by Gasteiger charge is -2.08. The van der Waals surface area contributed by atoms with E-state index in [1.807, 2.05) is 6.07 Å². The standard InChI is InChI=1S/C13H13FN2S/c14-9-4-1-3-8(7-9)12(15)13-16-10-5-2-6-11(10)17-13/h1,3-4,7,12H,2,5-6,15H2. The van der Waals surface area contributed by atoms with E-state index in [2.05, 4.69) is 4.98 Å². The van der Waals surface area contributed by atoms with E-state index in [0.717, 1.165) is 23.4 Å². The smallest absolute Gasteiger partial charge is 0.123 e.